The van der Waals surface area contributed by atoms with Crippen molar-refractivity contribution in [1.29, 1.82) is 0 Å². The van der Waals surface area contributed by atoms with Crippen LogP contribution in [-0.4, -0.2) is 18.1 Å². The van der Waals surface area contributed by atoms with Gasteiger partial charge < -0.3 is 5.32 Å². The molecule has 0 saturated carbocycles. The first-order valence-corrected chi connectivity index (χ1v) is 8.30. The van der Waals surface area contributed by atoms with Gasteiger partial charge in [-0.2, -0.15) is 11.8 Å². The number of hydrogen-bond donors (Lipinski definition) is 1. The minimum atomic E-state index is 0.453. The molecule has 2 atom stereocenters. The summed E-state index contributed by atoms with van der Waals surface area (Å²) in [7, 11) is 0. The quantitative estimate of drug-likeness (QED) is 0.783. The summed E-state index contributed by atoms with van der Waals surface area (Å²) in [5, 5.41) is 3.71. The molecular weight excluding hydrogens is 258 g/mol. The average molecular weight is 278 g/mol. The summed E-state index contributed by atoms with van der Waals surface area (Å²) in [5.41, 5.74) is 0. The van der Waals surface area contributed by atoms with Crippen LogP contribution in [0.4, 0.5) is 0 Å². The van der Waals surface area contributed by atoms with Crippen LogP contribution in [-0.2, 0) is 0 Å². The van der Waals surface area contributed by atoms with Gasteiger partial charge in [0.25, 0.3) is 0 Å². The van der Waals surface area contributed by atoms with Crippen molar-refractivity contribution in [1.82, 2.24) is 5.32 Å². The Morgan fingerprint density at radius 2 is 2.12 bits per heavy atom. The molecule has 16 heavy (non-hydrogen) atoms. The van der Waals surface area contributed by atoms with Crippen molar-refractivity contribution >= 4 is 34.7 Å². The van der Waals surface area contributed by atoms with E-state index in [0.29, 0.717) is 12.1 Å². The lowest BCUT2D eigenvalue weighted by Gasteiger charge is -2.22. The smallest absolute Gasteiger partial charge is 0.0931 e. The summed E-state index contributed by atoms with van der Waals surface area (Å²) in [6.45, 7) is 4.46. The first-order valence-electron chi connectivity index (χ1n) is 5.71. The fraction of sp³-hybridized carbons (Fsp3) is 0.667. The molecule has 0 radical (unpaired) electrons. The van der Waals surface area contributed by atoms with Crippen LogP contribution in [0.5, 0.6) is 0 Å². The Morgan fingerprint density at radius 1 is 1.38 bits per heavy atom. The predicted molar refractivity (Wildman–Crippen MR) is 78.0 cm³/mol. The molecular formula is C12H20ClNS2. The van der Waals surface area contributed by atoms with E-state index in [-0.39, 0.29) is 0 Å². The normalized spacial score (nSPS) is 15.0. The van der Waals surface area contributed by atoms with Crippen molar-refractivity contribution in [3.63, 3.8) is 0 Å². The van der Waals surface area contributed by atoms with E-state index in [0.717, 1.165) is 10.8 Å². The molecule has 0 fully saturated rings. The van der Waals surface area contributed by atoms with E-state index in [4.69, 9.17) is 11.6 Å². The molecule has 1 heterocycles. The van der Waals surface area contributed by atoms with Crippen LogP contribution in [0.15, 0.2) is 12.1 Å². The van der Waals surface area contributed by atoms with Crippen molar-refractivity contribution < 1.29 is 0 Å². The lowest BCUT2D eigenvalue weighted by Crippen LogP contribution is -2.33. The summed E-state index contributed by atoms with van der Waals surface area (Å²) in [5.74, 6) is 1.17. The van der Waals surface area contributed by atoms with Crippen LogP contribution in [0, 0.1) is 0 Å². The van der Waals surface area contributed by atoms with Gasteiger partial charge >= 0.3 is 0 Å². The number of hydrogen-bond acceptors (Lipinski definition) is 3. The van der Waals surface area contributed by atoms with Crippen molar-refractivity contribution in [3.8, 4) is 0 Å². The second kappa shape index (κ2) is 7.59. The fourth-order valence-corrected chi connectivity index (χ4v) is 3.63. The number of thiophene rings is 1. The monoisotopic (exact) mass is 277 g/mol. The maximum absolute atomic E-state index is 5.98. The van der Waals surface area contributed by atoms with Crippen molar-refractivity contribution in [2.24, 2.45) is 0 Å². The van der Waals surface area contributed by atoms with E-state index in [1.165, 1.54) is 17.1 Å². The molecule has 92 valence electrons. The van der Waals surface area contributed by atoms with Gasteiger partial charge in [-0.05, 0) is 31.2 Å². The minimum absolute atomic E-state index is 0.453. The lowest BCUT2D eigenvalue weighted by molar-refractivity contribution is 0.447. The van der Waals surface area contributed by atoms with Gasteiger partial charge in [-0.15, -0.1) is 11.3 Å². The topological polar surface area (TPSA) is 12.0 Å². The summed E-state index contributed by atoms with van der Waals surface area (Å²) in [6.07, 6.45) is 4.45. The molecule has 4 heteroatoms. The molecule has 0 bridgehead atoms. The van der Waals surface area contributed by atoms with Crippen LogP contribution >= 0.6 is 34.7 Å². The molecule has 1 nitrogen and oxygen atoms in total. The van der Waals surface area contributed by atoms with Gasteiger partial charge in [-0.25, -0.2) is 0 Å². The maximum Gasteiger partial charge on any atom is 0.0931 e. The summed E-state index contributed by atoms with van der Waals surface area (Å²) < 4.78 is 0.883. The van der Waals surface area contributed by atoms with E-state index in [9.17, 15) is 0 Å². The van der Waals surface area contributed by atoms with Crippen LogP contribution in [0.3, 0.4) is 0 Å². The molecule has 1 rings (SSSR count). The van der Waals surface area contributed by atoms with Crippen LogP contribution < -0.4 is 5.32 Å². The summed E-state index contributed by atoms with van der Waals surface area (Å²) >= 11 is 9.57. The number of halogens is 1. The van der Waals surface area contributed by atoms with Gasteiger partial charge in [-0.1, -0.05) is 25.4 Å². The third-order valence-corrected chi connectivity index (χ3v) is 4.72. The zero-order valence-corrected chi connectivity index (χ0v) is 12.5. The molecule has 1 aromatic rings. The molecule has 1 N–H and O–H groups in total. The van der Waals surface area contributed by atoms with Gasteiger partial charge in [0.15, 0.2) is 0 Å². The van der Waals surface area contributed by atoms with Crippen molar-refractivity contribution in [2.75, 3.05) is 12.0 Å². The lowest BCUT2D eigenvalue weighted by atomic mass is 10.1. The second-order valence-corrected chi connectivity index (χ2v) is 6.49. The van der Waals surface area contributed by atoms with Gasteiger partial charge in [0.2, 0.25) is 0 Å². The molecule has 2 unspecified atom stereocenters. The number of nitrogens with one attached hydrogen (secondary N) is 1. The molecule has 1 aromatic heterocycles. The minimum Gasteiger partial charge on any atom is -0.306 e. The third-order valence-electron chi connectivity index (χ3n) is 2.64. The van der Waals surface area contributed by atoms with E-state index >= 15 is 0 Å². The molecule has 0 amide bonds. The maximum atomic E-state index is 5.98. The Kier molecular flexibility index (Phi) is 6.81. The van der Waals surface area contributed by atoms with Gasteiger partial charge in [0, 0.05) is 22.7 Å². The van der Waals surface area contributed by atoms with Crippen molar-refractivity contribution in [2.45, 2.75) is 38.8 Å². The fourth-order valence-electron chi connectivity index (χ4n) is 1.69. The largest absolute Gasteiger partial charge is 0.306 e. The first kappa shape index (κ1) is 14.4. The van der Waals surface area contributed by atoms with E-state index in [1.807, 2.05) is 17.8 Å². The van der Waals surface area contributed by atoms with E-state index in [1.54, 1.807) is 11.3 Å². The summed E-state index contributed by atoms with van der Waals surface area (Å²) in [4.78, 5) is 1.35. The highest BCUT2D eigenvalue weighted by Gasteiger charge is 2.15. The Morgan fingerprint density at radius 3 is 2.56 bits per heavy atom. The van der Waals surface area contributed by atoms with Crippen LogP contribution in [0.1, 0.15) is 37.6 Å². The Hall–Kier alpha value is 0.300. The Labute approximate surface area is 112 Å². The number of thioether (sulfide) groups is 1. The molecule has 0 saturated heterocycles. The van der Waals surface area contributed by atoms with E-state index < -0.39 is 0 Å². The first-order chi connectivity index (χ1) is 7.71. The van der Waals surface area contributed by atoms with Gasteiger partial charge in [0.05, 0.1) is 4.34 Å². The molecule has 0 aliphatic carbocycles. The number of rotatable bonds is 7. The third kappa shape index (κ3) is 4.28. The zero-order valence-electron chi connectivity index (χ0n) is 10.1. The average Bonchev–Trinajstić information content (AvgIpc) is 2.71. The molecule has 0 aliphatic rings. The van der Waals surface area contributed by atoms with Crippen LogP contribution in [0.2, 0.25) is 4.34 Å². The van der Waals surface area contributed by atoms with Crippen LogP contribution in [0.25, 0.3) is 0 Å². The highest BCUT2D eigenvalue weighted by molar-refractivity contribution is 7.98. The highest BCUT2D eigenvalue weighted by Crippen LogP contribution is 2.29. The van der Waals surface area contributed by atoms with E-state index in [2.05, 4.69) is 31.5 Å². The van der Waals surface area contributed by atoms with Gasteiger partial charge in [0.1, 0.15) is 0 Å². The standard InChI is InChI=1S/C12H20ClNS2/c1-4-9(8-15-3)14-10(5-2)11-6-7-12(13)16-11/h6-7,9-10,14H,4-5,8H2,1-3H3. The van der Waals surface area contributed by atoms with Crippen molar-refractivity contribution in [3.05, 3.63) is 21.3 Å². The molecule has 0 aromatic carbocycles. The SMILES string of the molecule is CCC(CSC)NC(CC)c1ccc(Cl)s1. The Bertz CT molecular complexity index is 301. The molecule has 0 spiro atoms. The predicted octanol–water partition coefficient (Wildman–Crippen LogP) is 4.58. The second-order valence-electron chi connectivity index (χ2n) is 3.83. The summed E-state index contributed by atoms with van der Waals surface area (Å²) in [6, 6.07) is 5.18. The Balaban J connectivity index is 2.60. The van der Waals surface area contributed by atoms with Gasteiger partial charge in [-0.3, -0.25) is 0 Å². The highest BCUT2D eigenvalue weighted by atomic mass is 35.5. The zero-order chi connectivity index (χ0) is 12.0. The molecule has 0 aliphatic heterocycles.